The van der Waals surface area contributed by atoms with Gasteiger partial charge in [0.2, 0.25) is 23.6 Å². The highest BCUT2D eigenvalue weighted by Crippen LogP contribution is 2.28. The van der Waals surface area contributed by atoms with Crippen molar-refractivity contribution in [2.24, 2.45) is 5.73 Å². The van der Waals surface area contributed by atoms with Gasteiger partial charge >= 0.3 is 17.9 Å². The molecule has 1 unspecified atom stereocenters. The van der Waals surface area contributed by atoms with Gasteiger partial charge in [-0.3, -0.25) is 33.6 Å². The van der Waals surface area contributed by atoms with Gasteiger partial charge in [0.1, 0.15) is 54.6 Å². The van der Waals surface area contributed by atoms with E-state index in [1.54, 1.807) is 0 Å². The summed E-state index contributed by atoms with van der Waals surface area (Å²) in [5, 5.41) is 27.8. The molecule has 0 aromatic carbocycles. The summed E-state index contributed by atoms with van der Waals surface area (Å²) < 4.78 is 23.2. The molecule has 1 aliphatic rings. The fourth-order valence-corrected chi connectivity index (χ4v) is 8.05. The third kappa shape index (κ3) is 27.7. The normalized spacial score (nSPS) is 20.1. The summed E-state index contributed by atoms with van der Waals surface area (Å²) in [7, 11) is 0. The molecule has 65 heavy (non-hydrogen) atoms. The summed E-state index contributed by atoms with van der Waals surface area (Å²) in [4.78, 5) is 87.0. The van der Waals surface area contributed by atoms with Gasteiger partial charge in [0.25, 0.3) is 0 Å². The van der Waals surface area contributed by atoms with Crippen molar-refractivity contribution in [3.8, 4) is 0 Å². The highest BCUT2D eigenvalue weighted by Gasteiger charge is 2.47. The minimum absolute atomic E-state index is 0.189. The van der Waals surface area contributed by atoms with Crippen molar-refractivity contribution < 1.29 is 62.7 Å². The molecule has 7 N–H and O–H groups in total. The number of ether oxygens (including phenoxy) is 4. The van der Waals surface area contributed by atoms with Crippen LogP contribution in [0.5, 0.6) is 0 Å². The molecule has 1 saturated heterocycles. The average molecular weight is 945 g/mol. The second-order valence-corrected chi connectivity index (χ2v) is 18.1. The van der Waals surface area contributed by atoms with Crippen molar-refractivity contribution in [1.82, 2.24) is 16.0 Å². The standard InChI is InChI=1S/C47H84N4O13S/c1-6-8-10-12-14-16-17-19-20-22-24-26-35(63-39(55)27-25-23-21-18-15-13-11-9-7-2)30-40(56)61-31-37-42(57)43(41(47(65)64-37)50-34(5)52)62-33(4)46(60)49-32(3)45(59)51-36(44(48)58)28-29-38(53)54/h32-33,35-37,41-43,47,57,65H,6-31H2,1-5H3,(H2,48,58)(H,49,60)(H,50,52)(H,51,59)(H,53,54)/t32-,33?,35+,36+,37+,41+,42+,43-,47-/m0/s1. The van der Waals surface area contributed by atoms with Gasteiger partial charge in [0.05, 0.1) is 12.5 Å². The van der Waals surface area contributed by atoms with E-state index in [2.05, 4.69) is 42.4 Å². The lowest BCUT2D eigenvalue weighted by Crippen LogP contribution is -2.64. The van der Waals surface area contributed by atoms with E-state index in [0.717, 1.165) is 51.4 Å². The van der Waals surface area contributed by atoms with Gasteiger partial charge in [-0.2, -0.15) is 0 Å². The highest BCUT2D eigenvalue weighted by molar-refractivity contribution is 7.80. The fraction of sp³-hybridized carbons (Fsp3) is 0.851. The first kappa shape index (κ1) is 59.5. The van der Waals surface area contributed by atoms with Crippen LogP contribution in [0.25, 0.3) is 0 Å². The summed E-state index contributed by atoms with van der Waals surface area (Å²) in [6, 6.07) is -3.58. The molecule has 0 radical (unpaired) electrons. The van der Waals surface area contributed by atoms with Gasteiger partial charge < -0.3 is 50.8 Å². The average Bonchev–Trinajstić information content (AvgIpc) is 3.24. The molecule has 1 rings (SSSR count). The third-order valence-corrected chi connectivity index (χ3v) is 12.0. The van der Waals surface area contributed by atoms with Crippen molar-refractivity contribution in [1.29, 1.82) is 0 Å². The number of aliphatic carboxylic acids is 1. The van der Waals surface area contributed by atoms with Gasteiger partial charge in [0.15, 0.2) is 0 Å². The first-order chi connectivity index (χ1) is 31.0. The maximum atomic E-state index is 13.3. The Hall–Kier alpha value is -3.48. The molecule has 0 aromatic rings. The lowest BCUT2D eigenvalue weighted by molar-refractivity contribution is -0.204. The number of amides is 4. The van der Waals surface area contributed by atoms with E-state index in [-0.39, 0.29) is 25.2 Å². The van der Waals surface area contributed by atoms with E-state index in [1.165, 1.54) is 97.8 Å². The van der Waals surface area contributed by atoms with Gasteiger partial charge in [-0.15, -0.1) is 12.6 Å². The highest BCUT2D eigenvalue weighted by atomic mass is 32.1. The molecule has 17 nitrogen and oxygen atoms in total. The summed E-state index contributed by atoms with van der Waals surface area (Å²) in [6.45, 7) is 7.89. The van der Waals surface area contributed by atoms with Crippen LogP contribution in [0.2, 0.25) is 0 Å². The van der Waals surface area contributed by atoms with E-state index in [9.17, 15) is 38.7 Å². The van der Waals surface area contributed by atoms with E-state index in [0.29, 0.717) is 6.42 Å². The molecule has 0 saturated carbocycles. The Morgan fingerprint density at radius 3 is 1.74 bits per heavy atom. The van der Waals surface area contributed by atoms with Crippen LogP contribution in [0.1, 0.15) is 195 Å². The summed E-state index contributed by atoms with van der Waals surface area (Å²) in [6.07, 6.45) is 16.6. The fourth-order valence-electron chi connectivity index (χ4n) is 7.65. The zero-order valence-corrected chi connectivity index (χ0v) is 40.9. The molecule has 0 aromatic heterocycles. The van der Waals surface area contributed by atoms with Crippen LogP contribution < -0.4 is 21.7 Å². The zero-order valence-electron chi connectivity index (χ0n) is 40.0. The monoisotopic (exact) mass is 945 g/mol. The molecular weight excluding hydrogens is 861 g/mol. The number of nitrogens with one attached hydrogen (secondary N) is 3. The van der Waals surface area contributed by atoms with Gasteiger partial charge in [-0.05, 0) is 39.5 Å². The quantitative estimate of drug-likeness (QED) is 0.0210. The third-order valence-electron chi connectivity index (χ3n) is 11.6. The number of aliphatic hydroxyl groups is 1. The van der Waals surface area contributed by atoms with Crippen molar-refractivity contribution in [3.05, 3.63) is 0 Å². The Morgan fingerprint density at radius 2 is 1.23 bits per heavy atom. The number of hydrogen-bond donors (Lipinski definition) is 7. The number of rotatable bonds is 38. The lowest BCUT2D eigenvalue weighted by Gasteiger charge is -2.43. The molecular formula is C47H84N4O13S. The first-order valence-electron chi connectivity index (χ1n) is 24.4. The molecule has 0 aliphatic carbocycles. The van der Waals surface area contributed by atoms with E-state index in [1.807, 2.05) is 0 Å². The van der Waals surface area contributed by atoms with Crippen LogP contribution in [0.15, 0.2) is 0 Å². The van der Waals surface area contributed by atoms with E-state index in [4.69, 9.17) is 29.8 Å². The largest absolute Gasteiger partial charge is 0.481 e. The van der Waals surface area contributed by atoms with Crippen LogP contribution in [0.3, 0.4) is 0 Å². The van der Waals surface area contributed by atoms with E-state index >= 15 is 0 Å². The number of hydrogen-bond acceptors (Lipinski definition) is 13. The lowest BCUT2D eigenvalue weighted by atomic mass is 9.97. The second-order valence-electron chi connectivity index (χ2n) is 17.6. The minimum Gasteiger partial charge on any atom is -0.481 e. The number of carboxylic acid groups (broad SMARTS) is 1. The Bertz CT molecular complexity index is 1410. The molecule has 1 heterocycles. The van der Waals surface area contributed by atoms with Gasteiger partial charge in [0, 0.05) is 19.8 Å². The molecule has 1 aliphatic heterocycles. The number of esters is 2. The number of carboxylic acids is 1. The Balaban J connectivity index is 2.88. The van der Waals surface area contributed by atoms with Crippen LogP contribution in [0.4, 0.5) is 0 Å². The molecule has 18 heteroatoms. The summed E-state index contributed by atoms with van der Waals surface area (Å²) >= 11 is 4.46. The number of aliphatic hydroxyl groups excluding tert-OH is 1. The van der Waals surface area contributed by atoms with Crippen LogP contribution in [-0.2, 0) is 52.5 Å². The molecule has 0 bridgehead atoms. The topological polar surface area (TPSA) is 259 Å². The van der Waals surface area contributed by atoms with Gasteiger partial charge in [-0.25, -0.2) is 0 Å². The van der Waals surface area contributed by atoms with Crippen LogP contribution in [-0.4, -0.2) is 112 Å². The molecule has 9 atom stereocenters. The van der Waals surface area contributed by atoms with Crippen molar-refractivity contribution in [2.45, 2.75) is 249 Å². The SMILES string of the molecule is CCCCCCCCCCCCC[C@H](CC(=O)OC[C@H]1O[C@@H](S)[C@H](NC(C)=O)[C@H](OC(C)C(=O)N[C@@H](C)C(=O)N[C@H](CCC(=O)O)C(N)=O)[C@@H]1O)OC(=O)CCCCCCCCCCC. The first-order valence-corrected chi connectivity index (χ1v) is 24.9. The summed E-state index contributed by atoms with van der Waals surface area (Å²) in [5.41, 5.74) is 4.22. The number of primary amides is 1. The Kier molecular flexibility index (Phi) is 32.7. The maximum Gasteiger partial charge on any atom is 0.309 e. The van der Waals surface area contributed by atoms with Crippen molar-refractivity contribution >= 4 is 54.2 Å². The second kappa shape index (κ2) is 35.7. The molecule has 376 valence electrons. The zero-order chi connectivity index (χ0) is 48.6. The maximum absolute atomic E-state index is 13.3. The van der Waals surface area contributed by atoms with Crippen LogP contribution >= 0.6 is 12.6 Å². The molecule has 4 amide bonds. The minimum atomic E-state index is -1.55. The van der Waals surface area contributed by atoms with Crippen molar-refractivity contribution in [3.63, 3.8) is 0 Å². The summed E-state index contributed by atoms with van der Waals surface area (Å²) in [5.74, 6) is -5.27. The smallest absolute Gasteiger partial charge is 0.309 e. The molecule has 0 spiro atoms. The van der Waals surface area contributed by atoms with E-state index < -0.39 is 103 Å². The molecule has 1 fully saturated rings. The number of thiol groups is 1. The predicted octanol–water partition coefficient (Wildman–Crippen LogP) is 6.09. The van der Waals surface area contributed by atoms with Crippen molar-refractivity contribution in [2.75, 3.05) is 6.61 Å². The number of unbranched alkanes of at least 4 members (excludes halogenated alkanes) is 18. The number of nitrogens with two attached hydrogens (primary N) is 1. The predicted molar refractivity (Wildman–Crippen MR) is 250 cm³/mol. The Labute approximate surface area is 393 Å². The number of carbonyl (C=O) groups is 7. The number of carbonyl (C=O) groups excluding carboxylic acids is 6. The Morgan fingerprint density at radius 1 is 0.708 bits per heavy atom. The van der Waals surface area contributed by atoms with Crippen LogP contribution in [0, 0.1) is 0 Å². The van der Waals surface area contributed by atoms with Gasteiger partial charge in [-0.1, -0.05) is 129 Å².